The van der Waals surface area contributed by atoms with Crippen LogP contribution in [0.4, 0.5) is 0 Å². The van der Waals surface area contributed by atoms with Gasteiger partial charge in [-0.1, -0.05) is 0 Å². The molecular weight excluding hydrogens is 234 g/mol. The summed E-state index contributed by atoms with van der Waals surface area (Å²) < 4.78 is 15.2. The highest BCUT2D eigenvalue weighted by molar-refractivity contribution is 5.69. The molecule has 0 N–H and O–H groups in total. The lowest BCUT2D eigenvalue weighted by Gasteiger charge is -2.29. The molecule has 5 nitrogen and oxygen atoms in total. The molecule has 0 saturated carbocycles. The van der Waals surface area contributed by atoms with Crippen molar-refractivity contribution in [1.82, 2.24) is 4.90 Å². The molecule has 1 aliphatic heterocycles. The standard InChI is InChI=1S/C13H25NO4/c1-16-10-7-14(6-3-13(15)17-2)11-12-4-8-18-9-5-12/h12H,3-11H2,1-2H3. The van der Waals surface area contributed by atoms with Crippen molar-refractivity contribution in [2.24, 2.45) is 5.92 Å². The van der Waals surface area contributed by atoms with Crippen molar-refractivity contribution in [2.75, 3.05) is 53.7 Å². The Labute approximate surface area is 109 Å². The number of carbonyl (C=O) groups excluding carboxylic acids is 1. The van der Waals surface area contributed by atoms with Crippen molar-refractivity contribution < 1.29 is 19.0 Å². The molecule has 1 saturated heterocycles. The van der Waals surface area contributed by atoms with Gasteiger partial charge in [0.05, 0.1) is 20.1 Å². The van der Waals surface area contributed by atoms with Crippen LogP contribution in [0, 0.1) is 5.92 Å². The first-order chi connectivity index (χ1) is 8.76. The fourth-order valence-corrected chi connectivity index (χ4v) is 2.16. The van der Waals surface area contributed by atoms with E-state index in [1.165, 1.54) is 7.11 Å². The molecule has 0 atom stereocenters. The number of nitrogens with zero attached hydrogens (tertiary/aromatic N) is 1. The Morgan fingerprint density at radius 2 is 2.00 bits per heavy atom. The van der Waals surface area contributed by atoms with E-state index < -0.39 is 0 Å². The zero-order chi connectivity index (χ0) is 13.2. The maximum Gasteiger partial charge on any atom is 0.306 e. The molecular formula is C13H25NO4. The van der Waals surface area contributed by atoms with Gasteiger partial charge in [0, 0.05) is 40.0 Å². The third-order valence-corrected chi connectivity index (χ3v) is 3.33. The van der Waals surface area contributed by atoms with Gasteiger partial charge >= 0.3 is 5.97 Å². The Morgan fingerprint density at radius 3 is 2.61 bits per heavy atom. The van der Waals surface area contributed by atoms with Crippen LogP contribution in [0.15, 0.2) is 0 Å². The van der Waals surface area contributed by atoms with Crippen molar-refractivity contribution >= 4 is 5.97 Å². The Kier molecular flexibility index (Phi) is 7.96. The third-order valence-electron chi connectivity index (χ3n) is 3.33. The number of methoxy groups -OCH3 is 2. The number of hydrogen-bond donors (Lipinski definition) is 0. The molecule has 0 unspecified atom stereocenters. The van der Waals surface area contributed by atoms with Gasteiger partial charge < -0.3 is 19.1 Å². The number of hydrogen-bond acceptors (Lipinski definition) is 5. The van der Waals surface area contributed by atoms with E-state index in [1.54, 1.807) is 7.11 Å². The molecule has 0 aromatic carbocycles. The van der Waals surface area contributed by atoms with E-state index in [1.807, 2.05) is 0 Å². The summed E-state index contributed by atoms with van der Waals surface area (Å²) in [5, 5.41) is 0. The molecule has 0 aliphatic carbocycles. The highest BCUT2D eigenvalue weighted by Gasteiger charge is 2.18. The summed E-state index contributed by atoms with van der Waals surface area (Å²) >= 11 is 0. The molecule has 1 fully saturated rings. The lowest BCUT2D eigenvalue weighted by molar-refractivity contribution is -0.141. The van der Waals surface area contributed by atoms with E-state index in [4.69, 9.17) is 9.47 Å². The lowest BCUT2D eigenvalue weighted by atomic mass is 9.99. The lowest BCUT2D eigenvalue weighted by Crippen LogP contribution is -2.36. The number of esters is 1. The van der Waals surface area contributed by atoms with Crippen LogP contribution in [0.25, 0.3) is 0 Å². The van der Waals surface area contributed by atoms with Crippen molar-refractivity contribution in [3.05, 3.63) is 0 Å². The van der Waals surface area contributed by atoms with Gasteiger partial charge in [-0.25, -0.2) is 0 Å². The fraction of sp³-hybridized carbons (Fsp3) is 0.923. The summed E-state index contributed by atoms with van der Waals surface area (Å²) in [4.78, 5) is 13.5. The number of ether oxygens (including phenoxy) is 3. The first kappa shape index (κ1) is 15.4. The second-order valence-electron chi connectivity index (χ2n) is 4.68. The van der Waals surface area contributed by atoms with Crippen molar-refractivity contribution in [2.45, 2.75) is 19.3 Å². The van der Waals surface area contributed by atoms with Crippen LogP contribution in [-0.2, 0) is 19.0 Å². The first-order valence-electron chi connectivity index (χ1n) is 6.62. The summed E-state index contributed by atoms with van der Waals surface area (Å²) in [5.41, 5.74) is 0. The third kappa shape index (κ3) is 6.33. The van der Waals surface area contributed by atoms with Crippen LogP contribution in [-0.4, -0.2) is 64.5 Å². The minimum absolute atomic E-state index is 0.149. The number of rotatable bonds is 8. The van der Waals surface area contributed by atoms with Gasteiger partial charge in [-0.15, -0.1) is 0 Å². The summed E-state index contributed by atoms with van der Waals surface area (Å²) in [7, 11) is 3.13. The predicted molar refractivity (Wildman–Crippen MR) is 68.5 cm³/mol. The summed E-state index contributed by atoms with van der Waals surface area (Å²) in [6, 6.07) is 0. The van der Waals surface area contributed by atoms with Gasteiger partial charge in [-0.05, 0) is 18.8 Å². The first-order valence-corrected chi connectivity index (χ1v) is 6.62. The molecule has 0 bridgehead atoms. The van der Waals surface area contributed by atoms with Gasteiger partial charge in [0.25, 0.3) is 0 Å². The maximum absolute atomic E-state index is 11.2. The second kappa shape index (κ2) is 9.30. The van der Waals surface area contributed by atoms with E-state index >= 15 is 0 Å². The minimum Gasteiger partial charge on any atom is -0.469 e. The van der Waals surface area contributed by atoms with Crippen LogP contribution in [0.3, 0.4) is 0 Å². The minimum atomic E-state index is -0.149. The van der Waals surface area contributed by atoms with Crippen LogP contribution < -0.4 is 0 Å². The Hall–Kier alpha value is -0.650. The quantitative estimate of drug-likeness (QED) is 0.607. The predicted octanol–water partition coefficient (Wildman–Crippen LogP) is 0.925. The maximum atomic E-state index is 11.2. The van der Waals surface area contributed by atoms with Gasteiger partial charge in [0.2, 0.25) is 0 Å². The van der Waals surface area contributed by atoms with E-state index in [9.17, 15) is 4.79 Å². The van der Waals surface area contributed by atoms with Crippen molar-refractivity contribution in [1.29, 1.82) is 0 Å². The van der Waals surface area contributed by atoms with Crippen molar-refractivity contribution in [3.63, 3.8) is 0 Å². The monoisotopic (exact) mass is 259 g/mol. The topological polar surface area (TPSA) is 48.0 Å². The Morgan fingerprint density at radius 1 is 1.28 bits per heavy atom. The summed E-state index contributed by atoms with van der Waals surface area (Å²) in [6.07, 6.45) is 2.67. The molecule has 1 heterocycles. The Bertz CT molecular complexity index is 229. The van der Waals surface area contributed by atoms with Gasteiger partial charge in [-0.2, -0.15) is 0 Å². The SMILES string of the molecule is COCCN(CCC(=O)OC)CC1CCOCC1. The normalized spacial score (nSPS) is 17.1. The summed E-state index contributed by atoms with van der Waals surface area (Å²) in [5.74, 6) is 0.526. The molecule has 0 amide bonds. The average Bonchev–Trinajstić information content (AvgIpc) is 2.42. The molecule has 0 spiro atoms. The van der Waals surface area contributed by atoms with E-state index in [0.717, 1.165) is 45.7 Å². The molecule has 0 radical (unpaired) electrons. The van der Waals surface area contributed by atoms with Crippen LogP contribution in [0.5, 0.6) is 0 Å². The van der Waals surface area contributed by atoms with Gasteiger partial charge in [0.1, 0.15) is 0 Å². The second-order valence-corrected chi connectivity index (χ2v) is 4.68. The van der Waals surface area contributed by atoms with E-state index in [2.05, 4.69) is 9.64 Å². The molecule has 5 heteroatoms. The zero-order valence-electron chi connectivity index (χ0n) is 11.5. The van der Waals surface area contributed by atoms with Gasteiger partial charge in [-0.3, -0.25) is 4.79 Å². The number of carbonyl (C=O) groups is 1. The Balaban J connectivity index is 2.30. The summed E-state index contributed by atoms with van der Waals surface area (Å²) in [6.45, 7) is 5.05. The zero-order valence-corrected chi connectivity index (χ0v) is 11.5. The molecule has 0 aromatic rings. The highest BCUT2D eigenvalue weighted by Crippen LogP contribution is 2.16. The van der Waals surface area contributed by atoms with E-state index in [-0.39, 0.29) is 5.97 Å². The fourth-order valence-electron chi connectivity index (χ4n) is 2.16. The van der Waals surface area contributed by atoms with Gasteiger partial charge in [0.15, 0.2) is 0 Å². The van der Waals surface area contributed by atoms with E-state index in [0.29, 0.717) is 18.9 Å². The molecule has 1 rings (SSSR count). The largest absolute Gasteiger partial charge is 0.469 e. The van der Waals surface area contributed by atoms with Crippen LogP contribution in [0.2, 0.25) is 0 Å². The smallest absolute Gasteiger partial charge is 0.306 e. The molecule has 0 aromatic heterocycles. The molecule has 18 heavy (non-hydrogen) atoms. The van der Waals surface area contributed by atoms with Crippen LogP contribution in [0.1, 0.15) is 19.3 Å². The molecule has 1 aliphatic rings. The average molecular weight is 259 g/mol. The highest BCUT2D eigenvalue weighted by atomic mass is 16.5. The van der Waals surface area contributed by atoms with Crippen molar-refractivity contribution in [3.8, 4) is 0 Å². The van der Waals surface area contributed by atoms with Crippen LogP contribution >= 0.6 is 0 Å². The molecule has 106 valence electrons.